The molecule has 1 aliphatic carbocycles. The van der Waals surface area contributed by atoms with Gasteiger partial charge < -0.3 is 4.90 Å². The van der Waals surface area contributed by atoms with Crippen LogP contribution >= 0.6 is 0 Å². The first-order chi connectivity index (χ1) is 28.7. The van der Waals surface area contributed by atoms with Gasteiger partial charge in [-0.15, -0.1) is 0 Å². The number of aromatic nitrogens is 3. The number of benzene rings is 8. The molecule has 1 aromatic heterocycles. The van der Waals surface area contributed by atoms with Crippen molar-refractivity contribution in [1.82, 2.24) is 15.0 Å². The Balaban J connectivity index is 1.10. The Hall–Kier alpha value is -7.43. The molecule has 9 aromatic rings. The first kappa shape index (κ1) is 33.9. The molecule has 0 fully saturated rings. The standard InChI is InChI=1S/C54H38N4/c1-36-17-8-11-25-45(36)54(46-28-16-24-43-42-23-10-9-22-40(42)35-44(43)46)47-26-12-14-29-49(47)58(50-30-15-13-27-48(50)54)41-33-31-39(32-34-41)53-56-51(37-18-4-2-5-19-37)55-52(57-53)38-20-6-3-7-21-38/h2-34H,35H2,1H3. The molecule has 4 nitrogen and oxygen atoms in total. The summed E-state index contributed by atoms with van der Waals surface area (Å²) in [6, 6.07) is 71.8. The molecule has 0 bridgehead atoms. The lowest BCUT2D eigenvalue weighted by atomic mass is 9.60. The Morgan fingerprint density at radius 1 is 0.397 bits per heavy atom. The van der Waals surface area contributed by atoms with Gasteiger partial charge in [-0.25, -0.2) is 15.0 Å². The monoisotopic (exact) mass is 742 g/mol. The van der Waals surface area contributed by atoms with Crippen LogP contribution < -0.4 is 4.90 Å². The SMILES string of the molecule is Cc1ccccc1C1(c2cccc3c2Cc2ccccc2-3)c2ccccc2N(c2ccc(-c3nc(-c4ccccc4)nc(-c4ccccc4)n3)cc2)c2ccccc21. The highest BCUT2D eigenvalue weighted by atomic mass is 15.2. The van der Waals surface area contributed by atoms with Gasteiger partial charge in [0.1, 0.15) is 0 Å². The van der Waals surface area contributed by atoms with E-state index in [0.717, 1.165) is 40.2 Å². The number of aryl methyl sites for hydroxylation is 1. The molecule has 274 valence electrons. The molecule has 0 spiro atoms. The highest BCUT2D eigenvalue weighted by Gasteiger charge is 2.48. The molecule has 0 N–H and O–H groups in total. The van der Waals surface area contributed by atoms with Crippen LogP contribution in [0.1, 0.15) is 38.9 Å². The topological polar surface area (TPSA) is 41.9 Å². The molecule has 11 rings (SSSR count). The molecule has 0 saturated heterocycles. The van der Waals surface area contributed by atoms with Crippen LogP contribution in [0.5, 0.6) is 0 Å². The lowest BCUT2D eigenvalue weighted by Crippen LogP contribution is -2.39. The summed E-state index contributed by atoms with van der Waals surface area (Å²) in [5.74, 6) is 1.93. The van der Waals surface area contributed by atoms with Crippen LogP contribution in [0.25, 0.3) is 45.3 Å². The number of hydrogen-bond acceptors (Lipinski definition) is 4. The summed E-state index contributed by atoms with van der Waals surface area (Å²) in [6.07, 6.45) is 0.903. The van der Waals surface area contributed by atoms with Gasteiger partial charge in [0.15, 0.2) is 17.5 Å². The van der Waals surface area contributed by atoms with E-state index in [1.165, 1.54) is 50.1 Å². The molecular formula is C54H38N4. The van der Waals surface area contributed by atoms with Crippen molar-refractivity contribution in [2.75, 3.05) is 4.90 Å². The summed E-state index contributed by atoms with van der Waals surface area (Å²) < 4.78 is 0. The Kier molecular flexibility index (Phi) is 7.97. The van der Waals surface area contributed by atoms with Crippen molar-refractivity contribution >= 4 is 17.1 Å². The summed E-state index contributed by atoms with van der Waals surface area (Å²) in [5, 5.41) is 0. The van der Waals surface area contributed by atoms with Crippen LogP contribution in [0.3, 0.4) is 0 Å². The lowest BCUT2D eigenvalue weighted by Gasteiger charge is -2.47. The minimum Gasteiger partial charge on any atom is -0.310 e. The molecule has 0 amide bonds. The van der Waals surface area contributed by atoms with Crippen LogP contribution in [-0.2, 0) is 11.8 Å². The first-order valence-electron chi connectivity index (χ1n) is 19.9. The molecule has 0 atom stereocenters. The van der Waals surface area contributed by atoms with Crippen molar-refractivity contribution in [2.45, 2.75) is 18.8 Å². The number of hydrogen-bond donors (Lipinski definition) is 0. The van der Waals surface area contributed by atoms with Gasteiger partial charge in [-0.1, -0.05) is 164 Å². The fourth-order valence-corrected chi connectivity index (χ4v) is 9.45. The zero-order chi connectivity index (χ0) is 38.6. The van der Waals surface area contributed by atoms with Crippen molar-refractivity contribution in [3.63, 3.8) is 0 Å². The zero-order valence-electron chi connectivity index (χ0n) is 32.0. The van der Waals surface area contributed by atoms with Crippen molar-refractivity contribution < 1.29 is 0 Å². The predicted octanol–water partition coefficient (Wildman–Crippen LogP) is 12.9. The van der Waals surface area contributed by atoms with Crippen LogP contribution in [0, 0.1) is 6.92 Å². The fourth-order valence-electron chi connectivity index (χ4n) is 9.45. The van der Waals surface area contributed by atoms with E-state index in [-0.39, 0.29) is 0 Å². The van der Waals surface area contributed by atoms with Crippen molar-refractivity contribution in [3.05, 3.63) is 239 Å². The van der Waals surface area contributed by atoms with Crippen molar-refractivity contribution in [2.24, 2.45) is 0 Å². The van der Waals surface area contributed by atoms with Gasteiger partial charge in [0.05, 0.1) is 16.8 Å². The lowest BCUT2D eigenvalue weighted by molar-refractivity contribution is 0.717. The maximum Gasteiger partial charge on any atom is 0.164 e. The van der Waals surface area contributed by atoms with Gasteiger partial charge >= 0.3 is 0 Å². The van der Waals surface area contributed by atoms with Crippen LogP contribution in [0.4, 0.5) is 17.1 Å². The van der Waals surface area contributed by atoms with E-state index in [1.54, 1.807) is 0 Å². The minimum absolute atomic E-state index is 0.574. The van der Waals surface area contributed by atoms with E-state index in [1.807, 2.05) is 60.7 Å². The molecular weight excluding hydrogens is 705 g/mol. The van der Waals surface area contributed by atoms with E-state index >= 15 is 0 Å². The molecule has 1 aliphatic heterocycles. The summed E-state index contributed by atoms with van der Waals surface area (Å²) in [7, 11) is 0. The van der Waals surface area contributed by atoms with Crippen LogP contribution in [-0.4, -0.2) is 15.0 Å². The second-order valence-electron chi connectivity index (χ2n) is 15.2. The van der Waals surface area contributed by atoms with E-state index in [9.17, 15) is 0 Å². The maximum atomic E-state index is 5.02. The highest BCUT2D eigenvalue weighted by molar-refractivity contribution is 5.91. The Labute approximate surface area is 338 Å². The van der Waals surface area contributed by atoms with E-state index < -0.39 is 5.41 Å². The highest BCUT2D eigenvalue weighted by Crippen LogP contribution is 2.60. The second-order valence-corrected chi connectivity index (χ2v) is 15.2. The molecule has 0 radical (unpaired) electrons. The quantitative estimate of drug-likeness (QED) is 0.170. The average Bonchev–Trinajstić information content (AvgIpc) is 3.68. The normalized spacial score (nSPS) is 13.3. The fraction of sp³-hybridized carbons (Fsp3) is 0.0556. The number of anilines is 3. The number of rotatable bonds is 6. The summed E-state index contributed by atoms with van der Waals surface area (Å²) in [6.45, 7) is 2.26. The molecule has 8 aromatic carbocycles. The van der Waals surface area contributed by atoms with Gasteiger partial charge in [0.25, 0.3) is 0 Å². The molecule has 0 saturated carbocycles. The summed E-state index contributed by atoms with van der Waals surface area (Å²) >= 11 is 0. The average molecular weight is 743 g/mol. The number of nitrogens with zero attached hydrogens (tertiary/aromatic N) is 4. The first-order valence-corrected chi connectivity index (χ1v) is 19.9. The van der Waals surface area contributed by atoms with E-state index in [2.05, 4.69) is 151 Å². The second kappa shape index (κ2) is 13.6. The Bertz CT molecular complexity index is 2890. The predicted molar refractivity (Wildman–Crippen MR) is 236 cm³/mol. The molecule has 0 unspecified atom stereocenters. The van der Waals surface area contributed by atoms with Crippen molar-refractivity contribution in [3.8, 4) is 45.3 Å². The van der Waals surface area contributed by atoms with Crippen molar-refractivity contribution in [1.29, 1.82) is 0 Å². The molecule has 2 heterocycles. The van der Waals surface area contributed by atoms with Gasteiger partial charge in [-0.2, -0.15) is 0 Å². The van der Waals surface area contributed by atoms with Crippen LogP contribution in [0.15, 0.2) is 200 Å². The zero-order valence-corrected chi connectivity index (χ0v) is 32.0. The van der Waals surface area contributed by atoms with Gasteiger partial charge in [-0.3, -0.25) is 0 Å². The van der Waals surface area contributed by atoms with E-state index in [4.69, 9.17) is 15.0 Å². The maximum absolute atomic E-state index is 5.02. The molecule has 4 heteroatoms. The third-order valence-electron chi connectivity index (χ3n) is 12.0. The summed E-state index contributed by atoms with van der Waals surface area (Å²) in [5.41, 5.74) is 17.5. The van der Waals surface area contributed by atoms with Gasteiger partial charge in [-0.05, 0) is 99.8 Å². The minimum atomic E-state index is -0.574. The molecule has 58 heavy (non-hydrogen) atoms. The van der Waals surface area contributed by atoms with Gasteiger partial charge in [0, 0.05) is 22.4 Å². The third-order valence-corrected chi connectivity index (χ3v) is 12.0. The number of para-hydroxylation sites is 2. The summed E-state index contributed by atoms with van der Waals surface area (Å²) in [4.78, 5) is 17.4. The number of fused-ring (bicyclic) bond motifs is 5. The largest absolute Gasteiger partial charge is 0.310 e. The Morgan fingerprint density at radius 3 is 1.47 bits per heavy atom. The molecule has 2 aliphatic rings. The third kappa shape index (κ3) is 5.26. The Morgan fingerprint density at radius 2 is 0.862 bits per heavy atom. The van der Waals surface area contributed by atoms with Crippen LogP contribution in [0.2, 0.25) is 0 Å². The smallest absolute Gasteiger partial charge is 0.164 e. The van der Waals surface area contributed by atoms with Gasteiger partial charge in [0.2, 0.25) is 0 Å². The van der Waals surface area contributed by atoms with E-state index in [0.29, 0.717) is 17.5 Å².